The Balaban J connectivity index is 0.00000181. The van der Waals surface area contributed by atoms with E-state index in [2.05, 4.69) is 16.7 Å². The smallest absolute Gasteiger partial charge is 0.352 e. The van der Waals surface area contributed by atoms with Crippen LogP contribution in [-0.4, -0.2) is 38.3 Å². The molecule has 1 unspecified atom stereocenters. The van der Waals surface area contributed by atoms with Crippen molar-refractivity contribution in [1.82, 2.24) is 10.6 Å². The van der Waals surface area contributed by atoms with Crippen LogP contribution in [0.3, 0.4) is 0 Å². The molecule has 2 aromatic rings. The second kappa shape index (κ2) is 12.9. The summed E-state index contributed by atoms with van der Waals surface area (Å²) in [7, 11) is 0. The van der Waals surface area contributed by atoms with Crippen molar-refractivity contribution >= 4 is 30.8 Å². The van der Waals surface area contributed by atoms with Gasteiger partial charge in [-0.1, -0.05) is 18.2 Å². The molecule has 2 aliphatic rings. The van der Waals surface area contributed by atoms with Crippen LogP contribution in [0.2, 0.25) is 0 Å². The molecule has 2 heterocycles. The first-order valence-electron chi connectivity index (χ1n) is 10.9. The molecule has 6 nitrogen and oxygen atoms in total. The second-order valence-electron chi connectivity index (χ2n) is 7.74. The summed E-state index contributed by atoms with van der Waals surface area (Å²) in [6, 6.07) is 13.6. The molecule has 0 bridgehead atoms. The summed E-state index contributed by atoms with van der Waals surface area (Å²) in [6.45, 7) is 5.89. The lowest BCUT2D eigenvalue weighted by Crippen LogP contribution is -2.34. The minimum atomic E-state index is -0.813. The Bertz CT molecular complexity index is 858. The van der Waals surface area contributed by atoms with Crippen LogP contribution in [0.1, 0.15) is 42.6 Å². The molecule has 2 N–H and O–H groups in total. The molecule has 2 aromatic carbocycles. The molecule has 0 saturated carbocycles. The highest BCUT2D eigenvalue weighted by atomic mass is 35.5. The molecule has 0 radical (unpaired) electrons. The topological polar surface area (TPSA) is 68.8 Å². The van der Waals surface area contributed by atoms with Gasteiger partial charge in [-0.2, -0.15) is 0 Å². The van der Waals surface area contributed by atoms with Crippen molar-refractivity contribution in [1.29, 1.82) is 0 Å². The van der Waals surface area contributed by atoms with Gasteiger partial charge in [-0.3, -0.25) is 0 Å². The van der Waals surface area contributed by atoms with Crippen LogP contribution in [0.4, 0.5) is 0 Å². The molecule has 8 heteroatoms. The van der Waals surface area contributed by atoms with E-state index in [-0.39, 0.29) is 36.9 Å². The average molecular weight is 483 g/mol. The normalized spacial score (nSPS) is 16.5. The fraction of sp³-hybridized carbons (Fsp3) is 0.458. The Labute approximate surface area is 202 Å². The fourth-order valence-electron chi connectivity index (χ4n) is 3.96. The van der Waals surface area contributed by atoms with E-state index >= 15 is 0 Å². The minimum Gasteiger partial charge on any atom is -0.490 e. The number of piperidine rings is 1. The Morgan fingerprint density at radius 2 is 1.69 bits per heavy atom. The molecule has 0 amide bonds. The molecule has 0 aliphatic carbocycles. The van der Waals surface area contributed by atoms with Crippen LogP contribution >= 0.6 is 24.8 Å². The third-order valence-corrected chi connectivity index (χ3v) is 5.59. The molecular weight excluding hydrogens is 451 g/mol. The summed E-state index contributed by atoms with van der Waals surface area (Å²) in [5.74, 6) is 1.10. The van der Waals surface area contributed by atoms with E-state index in [4.69, 9.17) is 14.2 Å². The molecular formula is C24H32Cl2N2O4. The number of hydrogen-bond acceptors (Lipinski definition) is 6. The number of benzene rings is 2. The number of carbonyl (C=O) groups is 1. The maximum Gasteiger partial charge on any atom is 0.352 e. The minimum absolute atomic E-state index is 0. The Morgan fingerprint density at radius 3 is 2.41 bits per heavy atom. The maximum atomic E-state index is 12.6. The number of nitrogens with one attached hydrogen (secondary N) is 2. The standard InChI is InChI=1S/C24H30N2O4.2ClH/c1-2-28-24(27)23(30-22-8-3-17-9-12-26-16-19(17)15-22)18-4-6-20(7-5-18)29-21-10-13-25-14-11-21;;/h3-8,15,21,23,25-26H,2,9-14,16H2,1H3;2*1H. The van der Waals surface area contributed by atoms with E-state index in [0.717, 1.165) is 56.8 Å². The first-order valence-corrected chi connectivity index (χ1v) is 10.9. The third kappa shape index (κ3) is 6.75. The van der Waals surface area contributed by atoms with Crippen molar-refractivity contribution < 1.29 is 19.0 Å². The van der Waals surface area contributed by atoms with Gasteiger partial charge in [-0.15, -0.1) is 24.8 Å². The zero-order valence-corrected chi connectivity index (χ0v) is 19.9. The SMILES string of the molecule is CCOC(=O)C(Oc1ccc2c(c1)CNCC2)c1ccc(OC2CCNCC2)cc1.Cl.Cl. The predicted octanol–water partition coefficient (Wildman–Crippen LogP) is 3.99. The largest absolute Gasteiger partial charge is 0.490 e. The Hall–Kier alpha value is -1.99. The molecule has 1 saturated heterocycles. The van der Waals surface area contributed by atoms with E-state index in [1.54, 1.807) is 6.92 Å². The first kappa shape index (κ1) is 26.3. The van der Waals surface area contributed by atoms with E-state index in [1.807, 2.05) is 36.4 Å². The summed E-state index contributed by atoms with van der Waals surface area (Å²) in [6.07, 6.45) is 2.44. The molecule has 4 rings (SSSR count). The van der Waals surface area contributed by atoms with Crippen LogP contribution in [0.5, 0.6) is 11.5 Å². The van der Waals surface area contributed by atoms with Crippen molar-refractivity contribution in [2.45, 2.75) is 44.9 Å². The lowest BCUT2D eigenvalue weighted by Gasteiger charge is -2.24. The number of rotatable bonds is 7. The summed E-state index contributed by atoms with van der Waals surface area (Å²) in [5, 5.41) is 6.71. The van der Waals surface area contributed by atoms with Gasteiger partial charge in [-0.25, -0.2) is 4.79 Å². The Kier molecular flexibility index (Phi) is 10.6. The van der Waals surface area contributed by atoms with Gasteiger partial charge in [-0.05, 0) is 81.2 Å². The Morgan fingerprint density at radius 1 is 0.969 bits per heavy atom. The van der Waals surface area contributed by atoms with Crippen molar-refractivity contribution in [2.75, 3.05) is 26.2 Å². The number of halogens is 2. The van der Waals surface area contributed by atoms with Crippen LogP contribution in [-0.2, 0) is 22.5 Å². The number of fused-ring (bicyclic) bond motifs is 1. The van der Waals surface area contributed by atoms with Crippen molar-refractivity contribution in [3.8, 4) is 11.5 Å². The van der Waals surface area contributed by atoms with Crippen molar-refractivity contribution in [2.24, 2.45) is 0 Å². The van der Waals surface area contributed by atoms with Crippen molar-refractivity contribution in [3.63, 3.8) is 0 Å². The first-order chi connectivity index (χ1) is 14.7. The number of ether oxygens (including phenoxy) is 3. The highest BCUT2D eigenvalue weighted by molar-refractivity contribution is 5.85. The second-order valence-corrected chi connectivity index (χ2v) is 7.74. The van der Waals surface area contributed by atoms with Gasteiger partial charge >= 0.3 is 5.97 Å². The van der Waals surface area contributed by atoms with E-state index in [1.165, 1.54) is 11.1 Å². The highest BCUT2D eigenvalue weighted by Gasteiger charge is 2.25. The van der Waals surface area contributed by atoms with Crippen molar-refractivity contribution in [3.05, 3.63) is 59.2 Å². The number of carbonyl (C=O) groups excluding carboxylic acids is 1. The van der Waals surface area contributed by atoms with Crippen LogP contribution in [0.15, 0.2) is 42.5 Å². The molecule has 0 spiro atoms. The van der Waals surface area contributed by atoms with Gasteiger partial charge in [0, 0.05) is 12.1 Å². The predicted molar refractivity (Wildman–Crippen MR) is 129 cm³/mol. The zero-order chi connectivity index (χ0) is 20.8. The number of hydrogen-bond donors (Lipinski definition) is 2. The van der Waals surface area contributed by atoms with Crippen LogP contribution in [0, 0.1) is 0 Å². The van der Waals surface area contributed by atoms with E-state index in [0.29, 0.717) is 12.4 Å². The summed E-state index contributed by atoms with van der Waals surface area (Å²) in [4.78, 5) is 12.6. The molecule has 2 aliphatic heterocycles. The van der Waals surface area contributed by atoms with Crippen LogP contribution in [0.25, 0.3) is 0 Å². The quantitative estimate of drug-likeness (QED) is 0.581. The molecule has 32 heavy (non-hydrogen) atoms. The summed E-state index contributed by atoms with van der Waals surface area (Å²) in [5.41, 5.74) is 3.29. The third-order valence-electron chi connectivity index (χ3n) is 5.59. The van der Waals surface area contributed by atoms with Gasteiger partial charge in [0.2, 0.25) is 6.10 Å². The molecule has 0 aromatic heterocycles. The molecule has 1 fully saturated rings. The van der Waals surface area contributed by atoms with E-state index in [9.17, 15) is 4.79 Å². The average Bonchev–Trinajstić information content (AvgIpc) is 2.79. The summed E-state index contributed by atoms with van der Waals surface area (Å²) >= 11 is 0. The lowest BCUT2D eigenvalue weighted by molar-refractivity contribution is -0.151. The number of esters is 1. The molecule has 1 atom stereocenters. The highest BCUT2D eigenvalue weighted by Crippen LogP contribution is 2.28. The monoisotopic (exact) mass is 482 g/mol. The van der Waals surface area contributed by atoms with Gasteiger partial charge in [0.05, 0.1) is 6.61 Å². The zero-order valence-electron chi connectivity index (χ0n) is 18.3. The van der Waals surface area contributed by atoms with Gasteiger partial charge in [0.15, 0.2) is 0 Å². The van der Waals surface area contributed by atoms with E-state index < -0.39 is 6.10 Å². The van der Waals surface area contributed by atoms with Crippen LogP contribution < -0.4 is 20.1 Å². The van der Waals surface area contributed by atoms with Gasteiger partial charge in [0.1, 0.15) is 17.6 Å². The molecule has 176 valence electrons. The maximum absolute atomic E-state index is 12.6. The van der Waals surface area contributed by atoms with Gasteiger partial charge in [0.25, 0.3) is 0 Å². The van der Waals surface area contributed by atoms with Gasteiger partial charge < -0.3 is 24.8 Å². The lowest BCUT2D eigenvalue weighted by atomic mass is 10.0. The fourth-order valence-corrected chi connectivity index (χ4v) is 3.96. The summed E-state index contributed by atoms with van der Waals surface area (Å²) < 4.78 is 17.5.